The number of benzene rings is 1. The molecule has 1 aliphatic carbocycles. The first-order valence-electron chi connectivity index (χ1n) is 7.74. The number of anilines is 1. The maximum Gasteiger partial charge on any atom is 0.275 e. The zero-order chi connectivity index (χ0) is 15.5. The molecule has 0 spiro atoms. The van der Waals surface area contributed by atoms with Gasteiger partial charge < -0.3 is 5.32 Å². The first-order chi connectivity index (χ1) is 10.6. The van der Waals surface area contributed by atoms with E-state index in [-0.39, 0.29) is 5.91 Å². The third-order valence-corrected chi connectivity index (χ3v) is 4.93. The standard InChI is InChI=1S/C17H20BrN3O/c1-21-16(15(18)11-19-21)17(22)20-14-9-7-13(8-10-14)12-5-3-2-4-6-12/h7-12H,2-6H2,1H3,(H,20,22). The van der Waals surface area contributed by atoms with E-state index in [9.17, 15) is 4.79 Å². The first-order valence-corrected chi connectivity index (χ1v) is 8.53. The van der Waals surface area contributed by atoms with Crippen molar-refractivity contribution in [2.45, 2.75) is 38.0 Å². The van der Waals surface area contributed by atoms with Gasteiger partial charge in [-0.2, -0.15) is 5.10 Å². The number of hydrogen-bond donors (Lipinski definition) is 1. The molecule has 0 aliphatic heterocycles. The molecule has 1 aromatic carbocycles. The van der Waals surface area contributed by atoms with Crippen LogP contribution in [0.2, 0.25) is 0 Å². The summed E-state index contributed by atoms with van der Waals surface area (Å²) >= 11 is 3.35. The average molecular weight is 362 g/mol. The van der Waals surface area contributed by atoms with Gasteiger partial charge in [-0.15, -0.1) is 0 Å². The van der Waals surface area contributed by atoms with Crippen molar-refractivity contribution < 1.29 is 4.79 Å². The Morgan fingerprint density at radius 2 is 1.91 bits per heavy atom. The molecule has 116 valence electrons. The van der Waals surface area contributed by atoms with Gasteiger partial charge in [-0.3, -0.25) is 9.48 Å². The highest BCUT2D eigenvalue weighted by Gasteiger charge is 2.17. The molecule has 1 aromatic heterocycles. The van der Waals surface area contributed by atoms with E-state index in [1.807, 2.05) is 12.1 Å². The summed E-state index contributed by atoms with van der Waals surface area (Å²) in [4.78, 5) is 12.3. The van der Waals surface area contributed by atoms with E-state index in [1.54, 1.807) is 17.9 Å². The second kappa shape index (κ2) is 6.65. The van der Waals surface area contributed by atoms with Gasteiger partial charge in [0, 0.05) is 12.7 Å². The minimum atomic E-state index is -0.155. The van der Waals surface area contributed by atoms with Gasteiger partial charge in [0.1, 0.15) is 5.69 Å². The molecule has 0 saturated heterocycles. The second-order valence-corrected chi connectivity index (χ2v) is 6.73. The van der Waals surface area contributed by atoms with Crippen LogP contribution in [0.25, 0.3) is 0 Å². The summed E-state index contributed by atoms with van der Waals surface area (Å²) in [5.41, 5.74) is 2.73. The van der Waals surface area contributed by atoms with Crippen molar-refractivity contribution in [1.29, 1.82) is 0 Å². The van der Waals surface area contributed by atoms with Gasteiger partial charge in [0.05, 0.1) is 10.7 Å². The maximum absolute atomic E-state index is 12.3. The van der Waals surface area contributed by atoms with Gasteiger partial charge in [0.15, 0.2) is 0 Å². The van der Waals surface area contributed by atoms with Crippen molar-refractivity contribution in [1.82, 2.24) is 9.78 Å². The Kier molecular flexibility index (Phi) is 4.62. The molecule has 1 amide bonds. The second-order valence-electron chi connectivity index (χ2n) is 5.88. The number of rotatable bonds is 3. The number of aryl methyl sites for hydroxylation is 1. The van der Waals surface area contributed by atoms with Gasteiger partial charge >= 0.3 is 0 Å². The monoisotopic (exact) mass is 361 g/mol. The molecule has 0 unspecified atom stereocenters. The topological polar surface area (TPSA) is 46.9 Å². The Morgan fingerprint density at radius 3 is 2.50 bits per heavy atom. The van der Waals surface area contributed by atoms with Crippen molar-refractivity contribution in [3.63, 3.8) is 0 Å². The third-order valence-electron chi connectivity index (χ3n) is 4.35. The van der Waals surface area contributed by atoms with Crippen LogP contribution in [0, 0.1) is 0 Å². The molecule has 22 heavy (non-hydrogen) atoms. The fourth-order valence-corrected chi connectivity index (χ4v) is 3.66. The minimum Gasteiger partial charge on any atom is -0.321 e. The number of nitrogens with zero attached hydrogens (tertiary/aromatic N) is 2. The Labute approximate surface area is 139 Å². The van der Waals surface area contributed by atoms with E-state index in [2.05, 4.69) is 38.5 Å². The molecule has 3 rings (SSSR count). The molecule has 0 atom stereocenters. The van der Waals surface area contributed by atoms with E-state index in [4.69, 9.17) is 0 Å². The molecule has 5 heteroatoms. The SMILES string of the molecule is Cn1ncc(Br)c1C(=O)Nc1ccc(C2CCCCC2)cc1. The van der Waals surface area contributed by atoms with Crippen LogP contribution in [0.4, 0.5) is 5.69 Å². The third kappa shape index (κ3) is 3.24. The number of hydrogen-bond acceptors (Lipinski definition) is 2. The molecule has 1 heterocycles. The van der Waals surface area contributed by atoms with Crippen LogP contribution in [0.3, 0.4) is 0 Å². The highest BCUT2D eigenvalue weighted by atomic mass is 79.9. The van der Waals surface area contributed by atoms with Crippen LogP contribution in [0.1, 0.15) is 54.1 Å². The van der Waals surface area contributed by atoms with E-state index < -0.39 is 0 Å². The van der Waals surface area contributed by atoms with Crippen LogP contribution in [-0.2, 0) is 7.05 Å². The number of nitrogens with one attached hydrogen (secondary N) is 1. The number of carbonyl (C=O) groups is 1. The number of halogens is 1. The Hall–Kier alpha value is -1.62. The van der Waals surface area contributed by atoms with Crippen molar-refractivity contribution in [3.05, 3.63) is 46.2 Å². The molecule has 4 nitrogen and oxygen atoms in total. The highest BCUT2D eigenvalue weighted by molar-refractivity contribution is 9.10. The predicted molar refractivity (Wildman–Crippen MR) is 91.1 cm³/mol. The van der Waals surface area contributed by atoms with E-state index in [1.165, 1.54) is 37.7 Å². The lowest BCUT2D eigenvalue weighted by atomic mass is 9.84. The molecule has 1 saturated carbocycles. The smallest absolute Gasteiger partial charge is 0.275 e. The fraction of sp³-hybridized carbons (Fsp3) is 0.412. The zero-order valence-corrected chi connectivity index (χ0v) is 14.3. The van der Waals surface area contributed by atoms with Gasteiger partial charge in [-0.05, 0) is 52.4 Å². The summed E-state index contributed by atoms with van der Waals surface area (Å²) < 4.78 is 2.27. The van der Waals surface area contributed by atoms with Crippen LogP contribution in [0.5, 0.6) is 0 Å². The number of amides is 1. The van der Waals surface area contributed by atoms with Crippen molar-refractivity contribution in [2.75, 3.05) is 5.32 Å². The van der Waals surface area contributed by atoms with Crippen molar-refractivity contribution in [3.8, 4) is 0 Å². The first kappa shape index (κ1) is 15.3. The maximum atomic E-state index is 12.3. The summed E-state index contributed by atoms with van der Waals surface area (Å²) in [6, 6.07) is 8.27. The van der Waals surface area contributed by atoms with Crippen LogP contribution < -0.4 is 5.32 Å². The lowest BCUT2D eigenvalue weighted by Gasteiger charge is -2.22. The molecular formula is C17H20BrN3O. The molecule has 0 bridgehead atoms. The molecular weight excluding hydrogens is 342 g/mol. The highest BCUT2D eigenvalue weighted by Crippen LogP contribution is 2.33. The average Bonchev–Trinajstić information content (AvgIpc) is 2.88. The van der Waals surface area contributed by atoms with Crippen LogP contribution in [-0.4, -0.2) is 15.7 Å². The summed E-state index contributed by atoms with van der Waals surface area (Å²) in [6.07, 6.45) is 8.22. The Balaban J connectivity index is 1.69. The van der Waals surface area contributed by atoms with Gasteiger partial charge in [-0.1, -0.05) is 31.4 Å². The largest absolute Gasteiger partial charge is 0.321 e. The van der Waals surface area contributed by atoms with Crippen LogP contribution in [0.15, 0.2) is 34.9 Å². The minimum absolute atomic E-state index is 0.155. The summed E-state index contributed by atoms with van der Waals surface area (Å²) in [5, 5.41) is 6.99. The zero-order valence-electron chi connectivity index (χ0n) is 12.7. The molecule has 1 aliphatic rings. The number of aromatic nitrogens is 2. The van der Waals surface area contributed by atoms with E-state index >= 15 is 0 Å². The van der Waals surface area contributed by atoms with Crippen molar-refractivity contribution in [2.24, 2.45) is 7.05 Å². The van der Waals surface area contributed by atoms with Gasteiger partial charge in [0.25, 0.3) is 5.91 Å². The number of carbonyl (C=O) groups excluding carboxylic acids is 1. The Morgan fingerprint density at radius 1 is 1.23 bits per heavy atom. The molecule has 1 N–H and O–H groups in total. The van der Waals surface area contributed by atoms with Crippen molar-refractivity contribution >= 4 is 27.5 Å². The van der Waals surface area contributed by atoms with Gasteiger partial charge in [0.2, 0.25) is 0 Å². The normalized spacial score (nSPS) is 15.7. The lowest BCUT2D eigenvalue weighted by molar-refractivity contribution is 0.101. The molecule has 0 radical (unpaired) electrons. The fourth-order valence-electron chi connectivity index (χ4n) is 3.13. The Bertz CT molecular complexity index is 638. The molecule has 1 fully saturated rings. The van der Waals surface area contributed by atoms with Crippen LogP contribution >= 0.6 is 15.9 Å². The summed E-state index contributed by atoms with van der Waals surface area (Å²) in [6.45, 7) is 0. The molecule has 2 aromatic rings. The summed E-state index contributed by atoms with van der Waals surface area (Å²) in [5.74, 6) is 0.530. The predicted octanol–water partition coefficient (Wildman–Crippen LogP) is 4.48. The van der Waals surface area contributed by atoms with Gasteiger partial charge in [-0.25, -0.2) is 0 Å². The van der Waals surface area contributed by atoms with E-state index in [0.29, 0.717) is 16.1 Å². The lowest BCUT2D eigenvalue weighted by Crippen LogP contribution is -2.16. The quantitative estimate of drug-likeness (QED) is 0.875. The van der Waals surface area contributed by atoms with E-state index in [0.717, 1.165) is 5.69 Å². The summed E-state index contributed by atoms with van der Waals surface area (Å²) in [7, 11) is 1.76.